The van der Waals surface area contributed by atoms with Gasteiger partial charge in [-0.1, -0.05) is 13.3 Å². The van der Waals surface area contributed by atoms with E-state index in [9.17, 15) is 5.11 Å². The van der Waals surface area contributed by atoms with Crippen molar-refractivity contribution in [3.63, 3.8) is 0 Å². The van der Waals surface area contributed by atoms with Gasteiger partial charge in [0.1, 0.15) is 11.5 Å². The van der Waals surface area contributed by atoms with Crippen LogP contribution < -0.4 is 10.1 Å². The number of piperidine rings is 1. The van der Waals surface area contributed by atoms with Gasteiger partial charge in [0.2, 0.25) is 0 Å². The molecule has 0 saturated carbocycles. The van der Waals surface area contributed by atoms with Crippen molar-refractivity contribution in [3.8, 4) is 11.5 Å². The zero-order valence-corrected chi connectivity index (χ0v) is 10.6. The van der Waals surface area contributed by atoms with E-state index in [2.05, 4.69) is 18.3 Å². The molecule has 1 aromatic carbocycles. The maximum Gasteiger partial charge on any atom is 0.125 e. The lowest BCUT2D eigenvalue weighted by Crippen LogP contribution is -2.26. The predicted molar refractivity (Wildman–Crippen MR) is 68.6 cm³/mol. The minimum absolute atomic E-state index is 0.292. The van der Waals surface area contributed by atoms with Crippen molar-refractivity contribution in [2.24, 2.45) is 0 Å². The second kappa shape index (κ2) is 5.41. The Hall–Kier alpha value is -1.22. The second-order valence-corrected chi connectivity index (χ2v) is 4.58. The first-order valence-corrected chi connectivity index (χ1v) is 6.39. The number of hydrogen-bond acceptors (Lipinski definition) is 3. The van der Waals surface area contributed by atoms with Crippen LogP contribution in [0.5, 0.6) is 11.5 Å². The van der Waals surface area contributed by atoms with E-state index >= 15 is 0 Å². The fourth-order valence-corrected chi connectivity index (χ4v) is 2.50. The highest BCUT2D eigenvalue weighted by atomic mass is 16.5. The van der Waals surface area contributed by atoms with Gasteiger partial charge in [0, 0.05) is 17.7 Å². The number of nitrogens with one attached hydrogen (secondary N) is 1. The van der Waals surface area contributed by atoms with Crippen molar-refractivity contribution in [2.75, 3.05) is 13.7 Å². The molecule has 1 aliphatic rings. The van der Waals surface area contributed by atoms with Gasteiger partial charge in [0.15, 0.2) is 0 Å². The molecule has 1 heterocycles. The van der Waals surface area contributed by atoms with Crippen LogP contribution in [0.1, 0.15) is 43.4 Å². The zero-order valence-electron chi connectivity index (χ0n) is 10.6. The molecule has 0 spiro atoms. The summed E-state index contributed by atoms with van der Waals surface area (Å²) in [5.74, 6) is 1.13. The fraction of sp³-hybridized carbons (Fsp3) is 0.571. The van der Waals surface area contributed by atoms with Crippen LogP contribution in [-0.4, -0.2) is 18.8 Å². The molecule has 17 heavy (non-hydrogen) atoms. The summed E-state index contributed by atoms with van der Waals surface area (Å²) in [5.41, 5.74) is 2.18. The Labute approximate surface area is 103 Å². The highest BCUT2D eigenvalue weighted by Crippen LogP contribution is 2.35. The number of aryl methyl sites for hydroxylation is 1. The van der Waals surface area contributed by atoms with Gasteiger partial charge in [-0.2, -0.15) is 0 Å². The number of aromatic hydroxyl groups is 1. The summed E-state index contributed by atoms with van der Waals surface area (Å²) in [7, 11) is 1.65. The Balaban J connectivity index is 2.32. The van der Waals surface area contributed by atoms with E-state index in [-0.39, 0.29) is 0 Å². The third kappa shape index (κ3) is 2.55. The maximum absolute atomic E-state index is 10.1. The summed E-state index contributed by atoms with van der Waals surface area (Å²) in [4.78, 5) is 0. The lowest BCUT2D eigenvalue weighted by Gasteiger charge is -2.25. The molecule has 1 atom stereocenters. The lowest BCUT2D eigenvalue weighted by molar-refractivity contribution is 0.380. The van der Waals surface area contributed by atoms with Gasteiger partial charge in [-0.05, 0) is 37.4 Å². The van der Waals surface area contributed by atoms with Crippen LogP contribution in [0.3, 0.4) is 0 Å². The summed E-state index contributed by atoms with van der Waals surface area (Å²) >= 11 is 0. The van der Waals surface area contributed by atoms with Gasteiger partial charge in [-0.15, -0.1) is 0 Å². The number of hydrogen-bond donors (Lipinski definition) is 2. The van der Waals surface area contributed by atoms with Gasteiger partial charge >= 0.3 is 0 Å². The summed E-state index contributed by atoms with van der Waals surface area (Å²) in [6, 6.07) is 4.11. The van der Waals surface area contributed by atoms with Crippen molar-refractivity contribution in [1.82, 2.24) is 5.32 Å². The largest absolute Gasteiger partial charge is 0.507 e. The Morgan fingerprint density at radius 2 is 2.24 bits per heavy atom. The minimum Gasteiger partial charge on any atom is -0.507 e. The van der Waals surface area contributed by atoms with E-state index in [0.717, 1.165) is 36.3 Å². The Morgan fingerprint density at radius 1 is 1.41 bits per heavy atom. The number of rotatable bonds is 3. The van der Waals surface area contributed by atoms with Crippen molar-refractivity contribution < 1.29 is 9.84 Å². The van der Waals surface area contributed by atoms with Gasteiger partial charge in [-0.3, -0.25) is 0 Å². The fourth-order valence-electron chi connectivity index (χ4n) is 2.50. The first kappa shape index (κ1) is 12.2. The predicted octanol–water partition coefficient (Wildman–Crippen LogP) is 2.78. The second-order valence-electron chi connectivity index (χ2n) is 4.58. The third-order valence-electron chi connectivity index (χ3n) is 3.50. The molecule has 0 amide bonds. The zero-order chi connectivity index (χ0) is 12.3. The number of ether oxygens (including phenoxy) is 1. The number of phenolic OH excluding ortho intramolecular Hbond substituents is 1. The molecule has 0 radical (unpaired) electrons. The van der Waals surface area contributed by atoms with Gasteiger partial charge < -0.3 is 15.2 Å². The van der Waals surface area contributed by atoms with Crippen LogP contribution in [0, 0.1) is 0 Å². The SMILES string of the molecule is CCc1cc(C2CCCCN2)c(O)cc1OC. The molecule has 94 valence electrons. The topological polar surface area (TPSA) is 41.5 Å². The Morgan fingerprint density at radius 3 is 2.82 bits per heavy atom. The van der Waals surface area contributed by atoms with Crippen LogP contribution in [0.4, 0.5) is 0 Å². The smallest absolute Gasteiger partial charge is 0.125 e. The molecule has 1 fully saturated rings. The van der Waals surface area contributed by atoms with Crippen molar-refractivity contribution in [1.29, 1.82) is 0 Å². The van der Waals surface area contributed by atoms with Crippen molar-refractivity contribution >= 4 is 0 Å². The van der Waals surface area contributed by atoms with Crippen LogP contribution in [-0.2, 0) is 6.42 Å². The Kier molecular flexibility index (Phi) is 3.89. The van der Waals surface area contributed by atoms with E-state index in [1.54, 1.807) is 13.2 Å². The number of benzene rings is 1. The maximum atomic E-state index is 10.1. The minimum atomic E-state index is 0.292. The van der Waals surface area contributed by atoms with Gasteiger partial charge in [0.05, 0.1) is 7.11 Å². The molecule has 2 N–H and O–H groups in total. The van der Waals surface area contributed by atoms with E-state index in [1.807, 2.05) is 0 Å². The molecule has 1 aliphatic heterocycles. The van der Waals surface area contributed by atoms with Crippen molar-refractivity contribution in [2.45, 2.75) is 38.6 Å². The monoisotopic (exact) mass is 235 g/mol. The van der Waals surface area contributed by atoms with E-state index in [4.69, 9.17) is 4.74 Å². The van der Waals surface area contributed by atoms with E-state index in [1.165, 1.54) is 12.8 Å². The molecular weight excluding hydrogens is 214 g/mol. The highest BCUT2D eigenvalue weighted by molar-refractivity contribution is 5.47. The summed E-state index contributed by atoms with van der Waals surface area (Å²) in [6.45, 7) is 3.14. The van der Waals surface area contributed by atoms with Crippen LogP contribution in [0.25, 0.3) is 0 Å². The van der Waals surface area contributed by atoms with E-state index < -0.39 is 0 Å². The first-order chi connectivity index (χ1) is 8.26. The molecule has 1 saturated heterocycles. The number of methoxy groups -OCH3 is 1. The molecule has 1 aromatic rings. The van der Waals surface area contributed by atoms with E-state index in [0.29, 0.717) is 11.8 Å². The molecule has 3 nitrogen and oxygen atoms in total. The first-order valence-electron chi connectivity index (χ1n) is 6.39. The van der Waals surface area contributed by atoms with Gasteiger partial charge in [-0.25, -0.2) is 0 Å². The lowest BCUT2D eigenvalue weighted by atomic mass is 9.94. The highest BCUT2D eigenvalue weighted by Gasteiger charge is 2.19. The molecule has 2 rings (SSSR count). The molecule has 0 aliphatic carbocycles. The van der Waals surface area contributed by atoms with Crippen LogP contribution in [0.2, 0.25) is 0 Å². The standard InChI is InChI=1S/C14H21NO2/c1-3-10-8-11(12-6-4-5-7-15-12)13(16)9-14(10)17-2/h8-9,12,15-16H,3-7H2,1-2H3. The quantitative estimate of drug-likeness (QED) is 0.846. The average molecular weight is 235 g/mol. The Bertz CT molecular complexity index is 384. The molecule has 0 aromatic heterocycles. The van der Waals surface area contributed by atoms with Gasteiger partial charge in [0.25, 0.3) is 0 Å². The van der Waals surface area contributed by atoms with Crippen LogP contribution >= 0.6 is 0 Å². The molecule has 0 bridgehead atoms. The molecule has 3 heteroatoms. The molecular formula is C14H21NO2. The third-order valence-corrected chi connectivity index (χ3v) is 3.50. The number of phenols is 1. The van der Waals surface area contributed by atoms with Crippen LogP contribution in [0.15, 0.2) is 12.1 Å². The molecule has 1 unspecified atom stereocenters. The average Bonchev–Trinajstić information content (AvgIpc) is 2.39. The normalized spacial score (nSPS) is 20.2. The summed E-state index contributed by atoms with van der Waals surface area (Å²) in [6.07, 6.45) is 4.48. The van der Waals surface area contributed by atoms with Crippen molar-refractivity contribution in [3.05, 3.63) is 23.3 Å². The summed E-state index contributed by atoms with van der Waals surface area (Å²) in [5, 5.41) is 13.5. The summed E-state index contributed by atoms with van der Waals surface area (Å²) < 4.78 is 5.28.